The molecule has 0 bridgehead atoms. The smallest absolute Gasteiger partial charge is 0.395 e. The van der Waals surface area contributed by atoms with E-state index in [1.807, 2.05) is 0 Å². The van der Waals surface area contributed by atoms with Crippen molar-refractivity contribution in [2.75, 3.05) is 19.7 Å². The summed E-state index contributed by atoms with van der Waals surface area (Å²) in [6.45, 7) is -1.49. The van der Waals surface area contributed by atoms with E-state index in [1.54, 1.807) is 6.07 Å². The number of aromatic nitrogens is 2. The lowest BCUT2D eigenvalue weighted by Crippen LogP contribution is -2.36. The van der Waals surface area contributed by atoms with Gasteiger partial charge in [-0.1, -0.05) is 0 Å². The first-order chi connectivity index (χ1) is 7.51. The van der Waals surface area contributed by atoms with Gasteiger partial charge in [-0.2, -0.15) is 13.2 Å². The molecule has 0 saturated carbocycles. The zero-order valence-corrected chi connectivity index (χ0v) is 8.48. The standard InChI is InChI=1S/C9H12F3N3O/c10-9(11,12)7-15(4-5-16)6-8-13-2-1-3-14-8/h1-3,16H,4-7H2. The van der Waals surface area contributed by atoms with Gasteiger partial charge in [0.1, 0.15) is 5.82 Å². The van der Waals surface area contributed by atoms with Crippen molar-refractivity contribution in [3.05, 3.63) is 24.3 Å². The van der Waals surface area contributed by atoms with Gasteiger partial charge in [0.05, 0.1) is 19.7 Å². The number of rotatable bonds is 5. The van der Waals surface area contributed by atoms with Gasteiger partial charge in [-0.05, 0) is 6.07 Å². The third kappa shape index (κ3) is 5.04. The van der Waals surface area contributed by atoms with Crippen molar-refractivity contribution >= 4 is 0 Å². The van der Waals surface area contributed by atoms with Crippen LogP contribution < -0.4 is 0 Å². The lowest BCUT2D eigenvalue weighted by molar-refractivity contribution is -0.148. The van der Waals surface area contributed by atoms with Crippen molar-refractivity contribution in [1.82, 2.24) is 14.9 Å². The van der Waals surface area contributed by atoms with E-state index in [0.717, 1.165) is 4.90 Å². The summed E-state index contributed by atoms with van der Waals surface area (Å²) in [5, 5.41) is 8.66. The van der Waals surface area contributed by atoms with Crippen molar-refractivity contribution in [2.45, 2.75) is 12.7 Å². The SMILES string of the molecule is OCCN(Cc1ncccn1)CC(F)(F)F. The zero-order valence-electron chi connectivity index (χ0n) is 8.48. The third-order valence-electron chi connectivity index (χ3n) is 1.80. The number of hydrogen-bond acceptors (Lipinski definition) is 4. The molecule has 0 aliphatic carbocycles. The molecule has 0 aromatic carbocycles. The Balaban J connectivity index is 2.58. The highest BCUT2D eigenvalue weighted by molar-refractivity contribution is 4.88. The van der Waals surface area contributed by atoms with Crippen LogP contribution >= 0.6 is 0 Å². The van der Waals surface area contributed by atoms with E-state index in [-0.39, 0.29) is 19.7 Å². The van der Waals surface area contributed by atoms with Crippen LogP contribution in [0.1, 0.15) is 5.82 Å². The Kier molecular flexibility index (Phi) is 4.63. The van der Waals surface area contributed by atoms with E-state index >= 15 is 0 Å². The molecule has 90 valence electrons. The van der Waals surface area contributed by atoms with Crippen LogP contribution in [-0.4, -0.2) is 45.8 Å². The van der Waals surface area contributed by atoms with Crippen LogP contribution in [0.2, 0.25) is 0 Å². The molecular formula is C9H12F3N3O. The summed E-state index contributed by atoms with van der Waals surface area (Å²) in [5.74, 6) is 0.306. The first-order valence-electron chi connectivity index (χ1n) is 4.67. The molecule has 0 spiro atoms. The summed E-state index contributed by atoms with van der Waals surface area (Å²) in [5.41, 5.74) is 0. The van der Waals surface area contributed by atoms with Crippen molar-refractivity contribution in [3.63, 3.8) is 0 Å². The molecule has 1 N–H and O–H groups in total. The normalized spacial score (nSPS) is 12.1. The predicted molar refractivity (Wildman–Crippen MR) is 50.4 cm³/mol. The largest absolute Gasteiger partial charge is 0.401 e. The molecule has 0 atom stereocenters. The monoisotopic (exact) mass is 235 g/mol. The summed E-state index contributed by atoms with van der Waals surface area (Å²) >= 11 is 0. The maximum Gasteiger partial charge on any atom is 0.401 e. The fourth-order valence-corrected chi connectivity index (χ4v) is 1.22. The van der Waals surface area contributed by atoms with Crippen LogP contribution in [0.3, 0.4) is 0 Å². The Bertz CT molecular complexity index is 305. The zero-order chi connectivity index (χ0) is 12.0. The first-order valence-corrected chi connectivity index (χ1v) is 4.67. The molecule has 1 aromatic rings. The molecule has 0 aliphatic heterocycles. The Morgan fingerprint density at radius 2 is 1.88 bits per heavy atom. The molecule has 1 rings (SSSR count). The fourth-order valence-electron chi connectivity index (χ4n) is 1.22. The van der Waals surface area contributed by atoms with E-state index in [0.29, 0.717) is 5.82 Å². The van der Waals surface area contributed by atoms with Crippen LogP contribution in [0.4, 0.5) is 13.2 Å². The van der Waals surface area contributed by atoms with Crippen molar-refractivity contribution in [2.24, 2.45) is 0 Å². The second-order valence-electron chi connectivity index (χ2n) is 3.21. The van der Waals surface area contributed by atoms with Crippen LogP contribution in [0.15, 0.2) is 18.5 Å². The van der Waals surface area contributed by atoms with Crippen LogP contribution in [0.25, 0.3) is 0 Å². The van der Waals surface area contributed by atoms with Gasteiger partial charge in [0, 0.05) is 18.9 Å². The second-order valence-corrected chi connectivity index (χ2v) is 3.21. The topological polar surface area (TPSA) is 49.2 Å². The predicted octanol–water partition coefficient (Wildman–Crippen LogP) is 0.833. The quantitative estimate of drug-likeness (QED) is 0.821. The highest BCUT2D eigenvalue weighted by Crippen LogP contribution is 2.17. The lowest BCUT2D eigenvalue weighted by atomic mass is 10.4. The van der Waals surface area contributed by atoms with Crippen LogP contribution in [0, 0.1) is 0 Å². The van der Waals surface area contributed by atoms with Gasteiger partial charge in [0.2, 0.25) is 0 Å². The molecular weight excluding hydrogens is 223 g/mol. The molecule has 0 saturated heterocycles. The van der Waals surface area contributed by atoms with Gasteiger partial charge in [0.25, 0.3) is 0 Å². The molecule has 0 amide bonds. The van der Waals surface area contributed by atoms with Crippen LogP contribution in [-0.2, 0) is 6.54 Å². The summed E-state index contributed by atoms with van der Waals surface area (Å²) in [7, 11) is 0. The molecule has 0 aliphatic rings. The van der Waals surface area contributed by atoms with E-state index in [4.69, 9.17) is 5.11 Å². The number of nitrogens with zero attached hydrogens (tertiary/aromatic N) is 3. The molecule has 7 heteroatoms. The third-order valence-corrected chi connectivity index (χ3v) is 1.80. The van der Waals surface area contributed by atoms with Gasteiger partial charge >= 0.3 is 6.18 Å². The van der Waals surface area contributed by atoms with E-state index in [1.165, 1.54) is 12.4 Å². The van der Waals surface area contributed by atoms with Gasteiger partial charge in [-0.15, -0.1) is 0 Å². The van der Waals surface area contributed by atoms with E-state index < -0.39 is 12.7 Å². The minimum absolute atomic E-state index is 0.0269. The number of aliphatic hydroxyl groups is 1. The summed E-state index contributed by atoms with van der Waals surface area (Å²) in [6, 6.07) is 1.59. The minimum atomic E-state index is -4.29. The molecule has 1 aromatic heterocycles. The maximum absolute atomic E-state index is 12.2. The number of alkyl halides is 3. The fraction of sp³-hybridized carbons (Fsp3) is 0.556. The molecule has 1 heterocycles. The van der Waals surface area contributed by atoms with Crippen molar-refractivity contribution < 1.29 is 18.3 Å². The Morgan fingerprint density at radius 3 is 2.38 bits per heavy atom. The first kappa shape index (κ1) is 12.9. The highest BCUT2D eigenvalue weighted by atomic mass is 19.4. The Labute approximate surface area is 90.7 Å². The van der Waals surface area contributed by atoms with Crippen LogP contribution in [0.5, 0.6) is 0 Å². The van der Waals surface area contributed by atoms with E-state index in [2.05, 4.69) is 9.97 Å². The molecule has 4 nitrogen and oxygen atoms in total. The highest BCUT2D eigenvalue weighted by Gasteiger charge is 2.30. The second kappa shape index (κ2) is 5.76. The number of aliphatic hydroxyl groups excluding tert-OH is 1. The molecule has 16 heavy (non-hydrogen) atoms. The van der Waals surface area contributed by atoms with Gasteiger partial charge in [-0.25, -0.2) is 9.97 Å². The van der Waals surface area contributed by atoms with Gasteiger partial charge in [-0.3, -0.25) is 4.90 Å². The van der Waals surface area contributed by atoms with Gasteiger partial charge in [0.15, 0.2) is 0 Å². The summed E-state index contributed by atoms with van der Waals surface area (Å²) in [6.07, 6.45) is -1.36. The Morgan fingerprint density at radius 1 is 1.25 bits per heavy atom. The number of halogens is 3. The molecule has 0 radical (unpaired) electrons. The summed E-state index contributed by atoms with van der Waals surface area (Å²) in [4.78, 5) is 8.71. The molecule has 0 fully saturated rings. The average molecular weight is 235 g/mol. The van der Waals surface area contributed by atoms with E-state index in [9.17, 15) is 13.2 Å². The average Bonchev–Trinajstić information content (AvgIpc) is 2.17. The Hall–Kier alpha value is -1.21. The van der Waals surface area contributed by atoms with Crippen molar-refractivity contribution in [1.29, 1.82) is 0 Å². The lowest BCUT2D eigenvalue weighted by Gasteiger charge is -2.21. The minimum Gasteiger partial charge on any atom is -0.395 e. The van der Waals surface area contributed by atoms with Crippen molar-refractivity contribution in [3.8, 4) is 0 Å². The van der Waals surface area contributed by atoms with Gasteiger partial charge < -0.3 is 5.11 Å². The maximum atomic E-state index is 12.2. The number of hydrogen-bond donors (Lipinski definition) is 1. The molecule has 0 unspecified atom stereocenters. The summed E-state index contributed by atoms with van der Waals surface area (Å²) < 4.78 is 36.5.